The molecule has 2 N–H and O–H groups in total. The number of carbonyl (C=O) groups excluding carboxylic acids is 1. The van der Waals surface area contributed by atoms with Gasteiger partial charge in [-0.15, -0.1) is 0 Å². The first-order chi connectivity index (χ1) is 10.2. The fourth-order valence-electron chi connectivity index (χ4n) is 2.53. The average molecular weight is 302 g/mol. The number of pyridine rings is 1. The Balaban J connectivity index is 1.98. The van der Waals surface area contributed by atoms with Crippen molar-refractivity contribution in [1.29, 1.82) is 0 Å². The Morgan fingerprint density at radius 3 is 2.95 bits per heavy atom. The molecule has 0 bridgehead atoms. The second kappa shape index (κ2) is 5.74. The van der Waals surface area contributed by atoms with Crippen molar-refractivity contribution in [3.8, 4) is 11.1 Å². The number of rotatable bonds is 2. The van der Waals surface area contributed by atoms with E-state index in [0.29, 0.717) is 10.7 Å². The van der Waals surface area contributed by atoms with Gasteiger partial charge in [-0.05, 0) is 36.6 Å². The fraction of sp³-hybridized carbons (Fsp3) is 0.250. The van der Waals surface area contributed by atoms with Crippen molar-refractivity contribution in [2.45, 2.75) is 12.8 Å². The minimum absolute atomic E-state index is 0.192. The molecule has 2 heterocycles. The summed E-state index contributed by atoms with van der Waals surface area (Å²) >= 11 is 6.38. The lowest BCUT2D eigenvalue weighted by atomic mass is 9.98. The molecule has 3 rings (SSSR count). The molecule has 2 aromatic rings. The van der Waals surface area contributed by atoms with E-state index in [2.05, 4.69) is 21.7 Å². The number of nitrogens with zero attached hydrogens (tertiary/aromatic N) is 1. The predicted molar refractivity (Wildman–Crippen MR) is 84.9 cm³/mol. The zero-order valence-corrected chi connectivity index (χ0v) is 12.5. The lowest BCUT2D eigenvalue weighted by molar-refractivity contribution is 0.0958. The summed E-state index contributed by atoms with van der Waals surface area (Å²) in [6.45, 7) is 0.991. The molecule has 0 saturated heterocycles. The van der Waals surface area contributed by atoms with Crippen LogP contribution in [-0.4, -0.2) is 24.5 Å². The molecule has 1 aliphatic heterocycles. The smallest absolute Gasteiger partial charge is 0.269 e. The zero-order valence-electron chi connectivity index (χ0n) is 11.7. The summed E-state index contributed by atoms with van der Waals surface area (Å²) in [5, 5.41) is 6.61. The second-order valence-corrected chi connectivity index (χ2v) is 5.44. The lowest BCUT2D eigenvalue weighted by Gasteiger charge is -2.19. The molecule has 1 aromatic heterocycles. The van der Waals surface area contributed by atoms with E-state index < -0.39 is 0 Å². The topological polar surface area (TPSA) is 54.0 Å². The number of halogens is 1. The quantitative estimate of drug-likeness (QED) is 0.896. The first kappa shape index (κ1) is 13.9. The predicted octanol–water partition coefficient (Wildman–Crippen LogP) is 3.12. The van der Waals surface area contributed by atoms with Crippen LogP contribution in [0.15, 0.2) is 30.5 Å². The van der Waals surface area contributed by atoms with Gasteiger partial charge < -0.3 is 10.6 Å². The van der Waals surface area contributed by atoms with Gasteiger partial charge in [-0.3, -0.25) is 9.78 Å². The van der Waals surface area contributed by atoms with Gasteiger partial charge in [-0.25, -0.2) is 0 Å². The maximum Gasteiger partial charge on any atom is 0.269 e. The van der Waals surface area contributed by atoms with Crippen LogP contribution in [0.4, 0.5) is 5.69 Å². The van der Waals surface area contributed by atoms with E-state index in [4.69, 9.17) is 11.6 Å². The summed E-state index contributed by atoms with van der Waals surface area (Å²) in [4.78, 5) is 15.7. The minimum atomic E-state index is -0.192. The number of hydrogen-bond acceptors (Lipinski definition) is 3. The summed E-state index contributed by atoms with van der Waals surface area (Å²) in [5.74, 6) is -0.192. The minimum Gasteiger partial charge on any atom is -0.385 e. The van der Waals surface area contributed by atoms with E-state index in [1.807, 2.05) is 12.1 Å². The number of fused-ring (bicyclic) bond motifs is 1. The summed E-state index contributed by atoms with van der Waals surface area (Å²) in [6.07, 6.45) is 3.87. The summed E-state index contributed by atoms with van der Waals surface area (Å²) in [7, 11) is 1.59. The summed E-state index contributed by atoms with van der Waals surface area (Å²) in [5.41, 5.74) is 4.66. The van der Waals surface area contributed by atoms with E-state index in [-0.39, 0.29) is 5.91 Å². The number of carbonyl (C=O) groups is 1. The van der Waals surface area contributed by atoms with Gasteiger partial charge >= 0.3 is 0 Å². The Morgan fingerprint density at radius 1 is 1.38 bits per heavy atom. The van der Waals surface area contributed by atoms with Crippen molar-refractivity contribution in [2.24, 2.45) is 0 Å². The Hall–Kier alpha value is -2.07. The van der Waals surface area contributed by atoms with E-state index >= 15 is 0 Å². The SMILES string of the molecule is CNC(=O)c1ccc(-c2cc3c(cc2Cl)NCCC3)cn1. The van der Waals surface area contributed by atoms with Crippen LogP contribution in [0.2, 0.25) is 5.02 Å². The van der Waals surface area contributed by atoms with Gasteiger partial charge in [0.1, 0.15) is 5.69 Å². The molecule has 0 atom stereocenters. The van der Waals surface area contributed by atoms with Crippen LogP contribution in [0.3, 0.4) is 0 Å². The van der Waals surface area contributed by atoms with Crippen LogP contribution in [0, 0.1) is 0 Å². The lowest BCUT2D eigenvalue weighted by Crippen LogP contribution is -2.18. The van der Waals surface area contributed by atoms with Crippen molar-refractivity contribution in [2.75, 3.05) is 18.9 Å². The van der Waals surface area contributed by atoms with Crippen molar-refractivity contribution < 1.29 is 4.79 Å². The van der Waals surface area contributed by atoms with Gasteiger partial charge in [-0.2, -0.15) is 0 Å². The third-order valence-electron chi connectivity index (χ3n) is 3.67. The van der Waals surface area contributed by atoms with E-state index in [0.717, 1.165) is 36.2 Å². The van der Waals surface area contributed by atoms with Gasteiger partial charge in [0.15, 0.2) is 0 Å². The van der Waals surface area contributed by atoms with Crippen LogP contribution < -0.4 is 10.6 Å². The highest BCUT2D eigenvalue weighted by Gasteiger charge is 2.14. The molecule has 0 unspecified atom stereocenters. The Kier molecular flexibility index (Phi) is 3.80. The molecule has 1 aliphatic rings. The first-order valence-corrected chi connectivity index (χ1v) is 7.31. The van der Waals surface area contributed by atoms with Gasteiger partial charge in [0.25, 0.3) is 5.91 Å². The van der Waals surface area contributed by atoms with Gasteiger partial charge in [0, 0.05) is 36.6 Å². The Morgan fingerprint density at radius 2 is 2.24 bits per heavy atom. The van der Waals surface area contributed by atoms with Crippen LogP contribution in [0.5, 0.6) is 0 Å². The van der Waals surface area contributed by atoms with Crippen LogP contribution in [0.1, 0.15) is 22.5 Å². The number of benzene rings is 1. The molecule has 0 aliphatic carbocycles. The van der Waals surface area contributed by atoms with Crippen molar-refractivity contribution in [1.82, 2.24) is 10.3 Å². The van der Waals surface area contributed by atoms with Crippen LogP contribution in [-0.2, 0) is 6.42 Å². The molecule has 108 valence electrons. The van der Waals surface area contributed by atoms with E-state index in [1.165, 1.54) is 5.56 Å². The third-order valence-corrected chi connectivity index (χ3v) is 3.98. The highest BCUT2D eigenvalue weighted by molar-refractivity contribution is 6.33. The largest absolute Gasteiger partial charge is 0.385 e. The summed E-state index contributed by atoms with van der Waals surface area (Å²) in [6, 6.07) is 7.67. The molecule has 21 heavy (non-hydrogen) atoms. The molecule has 0 saturated carbocycles. The van der Waals surface area contributed by atoms with Crippen LogP contribution in [0.25, 0.3) is 11.1 Å². The second-order valence-electron chi connectivity index (χ2n) is 5.03. The maximum absolute atomic E-state index is 11.5. The fourth-order valence-corrected chi connectivity index (χ4v) is 2.80. The first-order valence-electron chi connectivity index (χ1n) is 6.94. The summed E-state index contributed by atoms with van der Waals surface area (Å²) < 4.78 is 0. The highest BCUT2D eigenvalue weighted by Crippen LogP contribution is 2.34. The highest BCUT2D eigenvalue weighted by atomic mass is 35.5. The Labute approximate surface area is 128 Å². The number of anilines is 1. The maximum atomic E-state index is 11.5. The molecule has 0 radical (unpaired) electrons. The van der Waals surface area contributed by atoms with Gasteiger partial charge in [-0.1, -0.05) is 17.7 Å². The average Bonchev–Trinajstić information content (AvgIpc) is 2.53. The van der Waals surface area contributed by atoms with Crippen LogP contribution >= 0.6 is 11.6 Å². The molecule has 1 amide bonds. The zero-order chi connectivity index (χ0) is 14.8. The van der Waals surface area contributed by atoms with Crippen molar-refractivity contribution in [3.05, 3.63) is 46.7 Å². The number of hydrogen-bond donors (Lipinski definition) is 2. The van der Waals surface area contributed by atoms with Crippen molar-refractivity contribution in [3.63, 3.8) is 0 Å². The Bertz CT molecular complexity index is 683. The standard InChI is InChI=1S/C16H16ClN3O/c1-18-16(21)14-5-4-11(9-20-14)12-7-10-3-2-6-19-15(10)8-13(12)17/h4-5,7-9,19H,2-3,6H2,1H3,(H,18,21). The van der Waals surface area contributed by atoms with Gasteiger partial charge in [0.2, 0.25) is 0 Å². The number of aromatic nitrogens is 1. The molecule has 4 nitrogen and oxygen atoms in total. The number of nitrogens with one attached hydrogen (secondary N) is 2. The molecule has 0 fully saturated rings. The van der Waals surface area contributed by atoms with Crippen molar-refractivity contribution >= 4 is 23.2 Å². The molecular weight excluding hydrogens is 286 g/mol. The monoisotopic (exact) mass is 301 g/mol. The molecule has 5 heteroatoms. The number of amides is 1. The molecule has 1 aromatic carbocycles. The van der Waals surface area contributed by atoms with E-state index in [9.17, 15) is 4.79 Å². The third kappa shape index (κ3) is 2.72. The number of aryl methyl sites for hydroxylation is 1. The normalized spacial score (nSPS) is 13.2. The van der Waals surface area contributed by atoms with E-state index in [1.54, 1.807) is 19.3 Å². The van der Waals surface area contributed by atoms with Gasteiger partial charge in [0.05, 0.1) is 5.02 Å². The molecule has 0 spiro atoms. The molecular formula is C16H16ClN3O.